The molecule has 0 radical (unpaired) electrons. The van der Waals surface area contributed by atoms with Gasteiger partial charge in [0.2, 0.25) is 0 Å². The van der Waals surface area contributed by atoms with Gasteiger partial charge >= 0.3 is 0 Å². The van der Waals surface area contributed by atoms with Crippen molar-refractivity contribution in [1.29, 1.82) is 0 Å². The Kier molecular flexibility index (Phi) is 4.65. The summed E-state index contributed by atoms with van der Waals surface area (Å²) >= 11 is 0. The number of carbonyl (C=O) groups is 1. The number of halogens is 1. The minimum atomic E-state index is -0.471. The van der Waals surface area contributed by atoms with E-state index in [4.69, 9.17) is 0 Å². The summed E-state index contributed by atoms with van der Waals surface area (Å²) in [6.07, 6.45) is 2.54. The van der Waals surface area contributed by atoms with Gasteiger partial charge < -0.3 is 10.6 Å². The molecule has 104 valence electrons. The fourth-order valence-electron chi connectivity index (χ4n) is 1.68. The largest absolute Gasteiger partial charge is 0.385 e. The number of hydrogen-bond donors (Lipinski definition) is 2. The number of nitrogens with one attached hydrogen (secondary N) is 2. The Morgan fingerprint density at radius 2 is 2.10 bits per heavy atom. The highest BCUT2D eigenvalue weighted by molar-refractivity contribution is 6.03. The van der Waals surface area contributed by atoms with E-state index < -0.39 is 11.7 Å². The molecule has 0 saturated heterocycles. The standard InChI is InChI=1S/C15H16FN3O/c1-2-8-17-11-7-9-18-14(10-11)15(20)19-13-6-4-3-5-12(13)16/h3-7,9-10H,2,8H2,1H3,(H,17,18)(H,19,20). The molecule has 0 fully saturated rings. The maximum absolute atomic E-state index is 13.5. The van der Waals surface area contributed by atoms with E-state index in [9.17, 15) is 9.18 Å². The molecule has 0 aliphatic rings. The molecule has 2 N–H and O–H groups in total. The molecule has 0 spiro atoms. The van der Waals surface area contributed by atoms with Gasteiger partial charge in [0, 0.05) is 18.4 Å². The first-order chi connectivity index (χ1) is 9.70. The number of benzene rings is 1. The quantitative estimate of drug-likeness (QED) is 0.879. The van der Waals surface area contributed by atoms with Crippen LogP contribution in [0.2, 0.25) is 0 Å². The predicted molar refractivity (Wildman–Crippen MR) is 77.4 cm³/mol. The molecule has 0 atom stereocenters. The molecule has 1 aromatic carbocycles. The van der Waals surface area contributed by atoms with Crippen LogP contribution >= 0.6 is 0 Å². The smallest absolute Gasteiger partial charge is 0.274 e. The van der Waals surface area contributed by atoms with E-state index in [-0.39, 0.29) is 11.4 Å². The topological polar surface area (TPSA) is 54.0 Å². The summed E-state index contributed by atoms with van der Waals surface area (Å²) in [6, 6.07) is 9.46. The van der Waals surface area contributed by atoms with Crippen molar-refractivity contribution in [3.05, 3.63) is 54.1 Å². The highest BCUT2D eigenvalue weighted by Crippen LogP contribution is 2.14. The Bertz CT molecular complexity index is 601. The van der Waals surface area contributed by atoms with Crippen molar-refractivity contribution in [2.75, 3.05) is 17.2 Å². The number of anilines is 2. The second kappa shape index (κ2) is 6.65. The van der Waals surface area contributed by atoms with Crippen LogP contribution < -0.4 is 10.6 Å². The number of carbonyl (C=O) groups excluding carboxylic acids is 1. The highest BCUT2D eigenvalue weighted by Gasteiger charge is 2.10. The van der Waals surface area contributed by atoms with Crippen molar-refractivity contribution >= 4 is 17.3 Å². The Hall–Kier alpha value is -2.43. The molecular weight excluding hydrogens is 257 g/mol. The number of nitrogens with zero attached hydrogens (tertiary/aromatic N) is 1. The average Bonchev–Trinajstić information content (AvgIpc) is 2.48. The lowest BCUT2D eigenvalue weighted by molar-refractivity contribution is 0.102. The summed E-state index contributed by atoms with van der Waals surface area (Å²) in [6.45, 7) is 2.87. The van der Waals surface area contributed by atoms with E-state index in [1.54, 1.807) is 30.5 Å². The zero-order chi connectivity index (χ0) is 14.4. The number of pyridine rings is 1. The first-order valence-electron chi connectivity index (χ1n) is 6.46. The molecule has 0 bridgehead atoms. The fraction of sp³-hybridized carbons (Fsp3) is 0.200. The molecule has 5 heteroatoms. The van der Waals surface area contributed by atoms with Crippen molar-refractivity contribution in [3.8, 4) is 0 Å². The van der Waals surface area contributed by atoms with Crippen LogP contribution in [0.15, 0.2) is 42.6 Å². The van der Waals surface area contributed by atoms with Gasteiger partial charge in [0.1, 0.15) is 11.5 Å². The SMILES string of the molecule is CCCNc1ccnc(C(=O)Nc2ccccc2F)c1. The maximum Gasteiger partial charge on any atom is 0.274 e. The lowest BCUT2D eigenvalue weighted by Crippen LogP contribution is -2.15. The predicted octanol–water partition coefficient (Wildman–Crippen LogP) is 3.29. The van der Waals surface area contributed by atoms with E-state index in [1.807, 2.05) is 0 Å². The third-order valence-electron chi connectivity index (χ3n) is 2.69. The van der Waals surface area contributed by atoms with Crippen molar-refractivity contribution in [1.82, 2.24) is 4.98 Å². The Labute approximate surface area is 117 Å². The van der Waals surface area contributed by atoms with Crippen LogP contribution in [0.5, 0.6) is 0 Å². The van der Waals surface area contributed by atoms with E-state index in [2.05, 4.69) is 22.5 Å². The van der Waals surface area contributed by atoms with Crippen molar-refractivity contribution in [2.24, 2.45) is 0 Å². The van der Waals surface area contributed by atoms with Crippen molar-refractivity contribution in [3.63, 3.8) is 0 Å². The second-order valence-electron chi connectivity index (χ2n) is 4.29. The number of amides is 1. The summed E-state index contributed by atoms with van der Waals surface area (Å²) in [5.41, 5.74) is 1.21. The van der Waals surface area contributed by atoms with Gasteiger partial charge in [-0.05, 0) is 30.7 Å². The molecule has 1 aromatic heterocycles. The number of aromatic nitrogens is 1. The van der Waals surface area contributed by atoms with Gasteiger partial charge in [-0.15, -0.1) is 0 Å². The summed E-state index contributed by atoms with van der Waals surface area (Å²) < 4.78 is 13.5. The zero-order valence-corrected chi connectivity index (χ0v) is 11.2. The van der Waals surface area contributed by atoms with E-state index in [0.29, 0.717) is 0 Å². The van der Waals surface area contributed by atoms with Gasteiger partial charge in [0.25, 0.3) is 5.91 Å². The van der Waals surface area contributed by atoms with E-state index >= 15 is 0 Å². The maximum atomic E-state index is 13.5. The van der Waals surface area contributed by atoms with Crippen molar-refractivity contribution in [2.45, 2.75) is 13.3 Å². The summed E-state index contributed by atoms with van der Waals surface area (Å²) in [4.78, 5) is 16.0. The lowest BCUT2D eigenvalue weighted by Gasteiger charge is -2.08. The minimum absolute atomic E-state index is 0.145. The first-order valence-corrected chi connectivity index (χ1v) is 6.46. The Morgan fingerprint density at radius 1 is 1.30 bits per heavy atom. The highest BCUT2D eigenvalue weighted by atomic mass is 19.1. The molecule has 1 amide bonds. The molecule has 0 aliphatic heterocycles. The fourth-order valence-corrected chi connectivity index (χ4v) is 1.68. The number of para-hydroxylation sites is 1. The summed E-state index contributed by atoms with van der Waals surface area (Å²) in [7, 11) is 0. The molecule has 20 heavy (non-hydrogen) atoms. The van der Waals surface area contributed by atoms with Crippen LogP contribution in [0.3, 0.4) is 0 Å². The van der Waals surface area contributed by atoms with Gasteiger partial charge in [0.05, 0.1) is 5.69 Å². The molecule has 4 nitrogen and oxygen atoms in total. The van der Waals surface area contributed by atoms with Crippen LogP contribution in [0.1, 0.15) is 23.8 Å². The summed E-state index contributed by atoms with van der Waals surface area (Å²) in [5, 5.41) is 5.68. The average molecular weight is 273 g/mol. The normalized spacial score (nSPS) is 10.1. The molecule has 0 unspecified atom stereocenters. The monoisotopic (exact) mass is 273 g/mol. The van der Waals surface area contributed by atoms with Crippen LogP contribution in [-0.4, -0.2) is 17.4 Å². The second-order valence-corrected chi connectivity index (χ2v) is 4.29. The third-order valence-corrected chi connectivity index (χ3v) is 2.69. The lowest BCUT2D eigenvalue weighted by atomic mass is 10.2. The van der Waals surface area contributed by atoms with Gasteiger partial charge in [-0.3, -0.25) is 9.78 Å². The van der Waals surface area contributed by atoms with Crippen molar-refractivity contribution < 1.29 is 9.18 Å². The zero-order valence-electron chi connectivity index (χ0n) is 11.2. The molecular formula is C15H16FN3O. The molecule has 1 heterocycles. The Balaban J connectivity index is 2.11. The Morgan fingerprint density at radius 3 is 2.85 bits per heavy atom. The van der Waals surface area contributed by atoms with Gasteiger partial charge in [-0.2, -0.15) is 0 Å². The van der Waals surface area contributed by atoms with Crippen LogP contribution in [0.4, 0.5) is 15.8 Å². The minimum Gasteiger partial charge on any atom is -0.385 e. The third kappa shape index (κ3) is 3.54. The van der Waals surface area contributed by atoms with E-state index in [0.717, 1.165) is 18.7 Å². The van der Waals surface area contributed by atoms with Gasteiger partial charge in [-0.1, -0.05) is 19.1 Å². The molecule has 2 rings (SSSR count). The van der Waals surface area contributed by atoms with E-state index in [1.165, 1.54) is 12.1 Å². The molecule has 0 aliphatic carbocycles. The van der Waals surface area contributed by atoms with Crippen LogP contribution in [0.25, 0.3) is 0 Å². The summed E-state index contributed by atoms with van der Waals surface area (Å²) in [5.74, 6) is -0.906. The number of hydrogen-bond acceptors (Lipinski definition) is 3. The van der Waals surface area contributed by atoms with Crippen LogP contribution in [0, 0.1) is 5.82 Å². The molecule has 0 saturated carbocycles. The first kappa shape index (κ1) is 14.0. The number of rotatable bonds is 5. The van der Waals surface area contributed by atoms with Crippen LogP contribution in [-0.2, 0) is 0 Å². The molecule has 2 aromatic rings. The van der Waals surface area contributed by atoms with Gasteiger partial charge in [0.15, 0.2) is 0 Å². The van der Waals surface area contributed by atoms with Gasteiger partial charge in [-0.25, -0.2) is 4.39 Å².